The average molecular weight is 299 g/mol. The molecule has 0 aliphatic carbocycles. The normalized spacial score (nSPS) is 13.9. The van der Waals surface area contributed by atoms with Crippen LogP contribution in [0.3, 0.4) is 0 Å². The first-order valence-electron chi connectivity index (χ1n) is 6.87. The van der Waals surface area contributed by atoms with Gasteiger partial charge in [-0.2, -0.15) is 0 Å². The van der Waals surface area contributed by atoms with Crippen LogP contribution in [0.2, 0.25) is 5.02 Å². The van der Waals surface area contributed by atoms with Gasteiger partial charge < -0.3 is 15.8 Å². The van der Waals surface area contributed by atoms with E-state index in [2.05, 4.69) is 5.32 Å². The van der Waals surface area contributed by atoms with Gasteiger partial charge in [-0.1, -0.05) is 31.9 Å². The number of rotatable bonds is 6. The van der Waals surface area contributed by atoms with Crippen molar-refractivity contribution in [2.24, 2.45) is 11.7 Å². The molecule has 4 nitrogen and oxygen atoms in total. The van der Waals surface area contributed by atoms with Gasteiger partial charge in [-0.25, -0.2) is 0 Å². The molecule has 1 rings (SSSR count). The summed E-state index contributed by atoms with van der Waals surface area (Å²) in [5.41, 5.74) is 6.50. The van der Waals surface area contributed by atoms with Crippen LogP contribution in [0.4, 0.5) is 5.69 Å². The molecule has 0 aromatic heterocycles. The highest BCUT2D eigenvalue weighted by molar-refractivity contribution is 6.32. The van der Waals surface area contributed by atoms with Crippen molar-refractivity contribution in [1.29, 1.82) is 0 Å². The highest BCUT2D eigenvalue weighted by Crippen LogP contribution is 2.28. The van der Waals surface area contributed by atoms with Gasteiger partial charge in [-0.3, -0.25) is 4.79 Å². The van der Waals surface area contributed by atoms with E-state index in [1.807, 2.05) is 27.7 Å². The summed E-state index contributed by atoms with van der Waals surface area (Å²) in [5.74, 6) is 0.535. The van der Waals surface area contributed by atoms with Crippen molar-refractivity contribution in [2.75, 3.05) is 5.32 Å². The molecule has 1 aromatic carbocycles. The van der Waals surface area contributed by atoms with E-state index in [1.54, 1.807) is 18.2 Å². The van der Waals surface area contributed by atoms with Crippen molar-refractivity contribution in [2.45, 2.75) is 46.3 Å². The second kappa shape index (κ2) is 7.50. The number of hydrogen-bond acceptors (Lipinski definition) is 3. The fourth-order valence-electron chi connectivity index (χ4n) is 1.67. The van der Waals surface area contributed by atoms with Crippen molar-refractivity contribution in [3.8, 4) is 5.75 Å². The molecule has 0 saturated carbocycles. The molecule has 0 spiro atoms. The molecule has 1 aromatic rings. The summed E-state index contributed by atoms with van der Waals surface area (Å²) in [6.07, 6.45) is 0.906. The second-order valence-corrected chi connectivity index (χ2v) is 5.62. The molecule has 0 bridgehead atoms. The molecular formula is C15H23ClN2O2. The predicted octanol–water partition coefficient (Wildman–Crippen LogP) is 3.44. The third kappa shape index (κ3) is 4.69. The Morgan fingerprint density at radius 1 is 1.40 bits per heavy atom. The molecule has 20 heavy (non-hydrogen) atoms. The van der Waals surface area contributed by atoms with Gasteiger partial charge in [0.05, 0.1) is 17.2 Å². The Hall–Kier alpha value is -1.26. The highest BCUT2D eigenvalue weighted by Gasteiger charge is 2.19. The standard InChI is InChI=1S/C15H23ClN2O2/c1-5-10(4)14(17)15(19)18-11-6-7-13(12(16)8-11)20-9(2)3/h6-10,14H,5,17H2,1-4H3,(H,18,19)/t10-,14-/m0/s1. The number of carbonyl (C=O) groups is 1. The van der Waals surface area contributed by atoms with Crippen LogP contribution in [-0.2, 0) is 4.79 Å². The van der Waals surface area contributed by atoms with Crippen LogP contribution >= 0.6 is 11.6 Å². The van der Waals surface area contributed by atoms with E-state index in [0.717, 1.165) is 6.42 Å². The summed E-state index contributed by atoms with van der Waals surface area (Å²) in [4.78, 5) is 12.0. The van der Waals surface area contributed by atoms with Crippen molar-refractivity contribution in [3.63, 3.8) is 0 Å². The van der Waals surface area contributed by atoms with Gasteiger partial charge in [0.1, 0.15) is 5.75 Å². The fraction of sp³-hybridized carbons (Fsp3) is 0.533. The Morgan fingerprint density at radius 2 is 2.05 bits per heavy atom. The number of amides is 1. The lowest BCUT2D eigenvalue weighted by Crippen LogP contribution is -2.40. The molecular weight excluding hydrogens is 276 g/mol. The molecule has 0 radical (unpaired) electrons. The van der Waals surface area contributed by atoms with Crippen LogP contribution < -0.4 is 15.8 Å². The van der Waals surface area contributed by atoms with Gasteiger partial charge >= 0.3 is 0 Å². The van der Waals surface area contributed by atoms with E-state index in [1.165, 1.54) is 0 Å². The number of ether oxygens (including phenoxy) is 1. The third-order valence-electron chi connectivity index (χ3n) is 3.12. The van der Waals surface area contributed by atoms with E-state index in [0.29, 0.717) is 16.5 Å². The van der Waals surface area contributed by atoms with Crippen LogP contribution in [0.25, 0.3) is 0 Å². The highest BCUT2D eigenvalue weighted by atomic mass is 35.5. The number of anilines is 1. The molecule has 0 fully saturated rings. The number of hydrogen-bond donors (Lipinski definition) is 2. The largest absolute Gasteiger partial charge is 0.489 e. The molecule has 0 aliphatic heterocycles. The van der Waals surface area contributed by atoms with Crippen LogP contribution in [0.5, 0.6) is 5.75 Å². The minimum absolute atomic E-state index is 0.0479. The van der Waals surface area contributed by atoms with Gasteiger partial charge in [-0.05, 0) is 38.0 Å². The molecule has 0 heterocycles. The summed E-state index contributed by atoms with van der Waals surface area (Å²) < 4.78 is 5.54. The van der Waals surface area contributed by atoms with Gasteiger partial charge in [0, 0.05) is 5.69 Å². The minimum atomic E-state index is -0.523. The maximum Gasteiger partial charge on any atom is 0.241 e. The van der Waals surface area contributed by atoms with Crippen molar-refractivity contribution in [3.05, 3.63) is 23.2 Å². The SMILES string of the molecule is CC[C@H](C)[C@H](N)C(=O)Nc1ccc(OC(C)C)c(Cl)c1. The zero-order chi connectivity index (χ0) is 15.3. The van der Waals surface area contributed by atoms with Crippen molar-refractivity contribution < 1.29 is 9.53 Å². The smallest absolute Gasteiger partial charge is 0.241 e. The Labute approximate surface area is 125 Å². The van der Waals surface area contributed by atoms with Crippen molar-refractivity contribution in [1.82, 2.24) is 0 Å². The van der Waals surface area contributed by atoms with Gasteiger partial charge in [-0.15, -0.1) is 0 Å². The maximum absolute atomic E-state index is 12.0. The molecule has 0 saturated heterocycles. The lowest BCUT2D eigenvalue weighted by molar-refractivity contribution is -0.118. The lowest BCUT2D eigenvalue weighted by atomic mass is 9.99. The van der Waals surface area contributed by atoms with Gasteiger partial charge in [0.15, 0.2) is 0 Å². The van der Waals surface area contributed by atoms with E-state index in [-0.39, 0.29) is 17.9 Å². The lowest BCUT2D eigenvalue weighted by Gasteiger charge is -2.18. The summed E-state index contributed by atoms with van der Waals surface area (Å²) in [6.45, 7) is 7.82. The first-order chi connectivity index (χ1) is 9.35. The number of halogens is 1. The molecule has 0 aliphatic rings. The summed E-state index contributed by atoms with van der Waals surface area (Å²) in [7, 11) is 0. The van der Waals surface area contributed by atoms with Crippen LogP contribution in [0.15, 0.2) is 18.2 Å². The molecule has 3 N–H and O–H groups in total. The zero-order valence-corrected chi connectivity index (χ0v) is 13.2. The summed E-state index contributed by atoms with van der Waals surface area (Å²) in [5, 5.41) is 3.24. The Kier molecular flexibility index (Phi) is 6.30. The molecule has 112 valence electrons. The number of carbonyl (C=O) groups excluding carboxylic acids is 1. The first-order valence-corrected chi connectivity index (χ1v) is 7.25. The fourth-order valence-corrected chi connectivity index (χ4v) is 1.89. The Morgan fingerprint density at radius 3 is 2.55 bits per heavy atom. The number of nitrogens with one attached hydrogen (secondary N) is 1. The van der Waals surface area contributed by atoms with E-state index in [4.69, 9.17) is 22.1 Å². The second-order valence-electron chi connectivity index (χ2n) is 5.21. The van der Waals surface area contributed by atoms with E-state index >= 15 is 0 Å². The monoisotopic (exact) mass is 298 g/mol. The average Bonchev–Trinajstić information content (AvgIpc) is 2.39. The Balaban J connectivity index is 2.74. The number of nitrogens with two attached hydrogens (primary N) is 1. The predicted molar refractivity (Wildman–Crippen MR) is 83.3 cm³/mol. The van der Waals surface area contributed by atoms with Gasteiger partial charge in [0.25, 0.3) is 0 Å². The summed E-state index contributed by atoms with van der Waals surface area (Å²) in [6, 6.07) is 4.64. The first kappa shape index (κ1) is 16.8. The van der Waals surface area contributed by atoms with E-state index < -0.39 is 6.04 Å². The maximum atomic E-state index is 12.0. The molecule has 5 heteroatoms. The minimum Gasteiger partial charge on any atom is -0.489 e. The van der Waals surface area contributed by atoms with Gasteiger partial charge in [0.2, 0.25) is 5.91 Å². The van der Waals surface area contributed by atoms with Crippen LogP contribution in [-0.4, -0.2) is 18.1 Å². The summed E-state index contributed by atoms with van der Waals surface area (Å²) >= 11 is 6.12. The molecule has 2 atom stereocenters. The van der Waals surface area contributed by atoms with E-state index in [9.17, 15) is 4.79 Å². The quantitative estimate of drug-likeness (QED) is 0.845. The number of benzene rings is 1. The van der Waals surface area contributed by atoms with Crippen molar-refractivity contribution >= 4 is 23.2 Å². The zero-order valence-electron chi connectivity index (χ0n) is 12.4. The van der Waals surface area contributed by atoms with Crippen LogP contribution in [0.1, 0.15) is 34.1 Å². The topological polar surface area (TPSA) is 64.4 Å². The van der Waals surface area contributed by atoms with Crippen LogP contribution in [0, 0.1) is 5.92 Å². The molecule has 1 amide bonds. The Bertz CT molecular complexity index is 463. The molecule has 0 unspecified atom stereocenters. The third-order valence-corrected chi connectivity index (χ3v) is 3.42.